The zero-order valence-corrected chi connectivity index (χ0v) is 10.7. The van der Waals surface area contributed by atoms with Crippen LogP contribution in [-0.4, -0.2) is 16.1 Å². The average Bonchev–Trinajstić information content (AvgIpc) is 2.73. The van der Waals surface area contributed by atoms with Gasteiger partial charge >= 0.3 is 5.97 Å². The van der Waals surface area contributed by atoms with Crippen LogP contribution in [0.4, 0.5) is 0 Å². The highest BCUT2D eigenvalue weighted by Crippen LogP contribution is 2.30. The third-order valence-electron chi connectivity index (χ3n) is 2.27. The van der Waals surface area contributed by atoms with E-state index >= 15 is 0 Å². The van der Waals surface area contributed by atoms with Crippen molar-refractivity contribution >= 4 is 28.9 Å². The maximum atomic E-state index is 11.1. The summed E-state index contributed by atoms with van der Waals surface area (Å²) in [6, 6.07) is 7.07. The van der Waals surface area contributed by atoms with Crippen LogP contribution >= 0.6 is 22.9 Å². The molecule has 88 valence electrons. The number of thiazole rings is 1. The van der Waals surface area contributed by atoms with Gasteiger partial charge in [0.25, 0.3) is 0 Å². The first-order chi connectivity index (χ1) is 8.11. The van der Waals surface area contributed by atoms with Crippen LogP contribution in [0.15, 0.2) is 24.3 Å². The Kier molecular flexibility index (Phi) is 3.45. The first-order valence-electron chi connectivity index (χ1n) is 5.10. The zero-order valence-electron chi connectivity index (χ0n) is 9.11. The Morgan fingerprint density at radius 2 is 2.29 bits per heavy atom. The van der Waals surface area contributed by atoms with Crippen LogP contribution in [0.2, 0.25) is 5.02 Å². The lowest BCUT2D eigenvalue weighted by Crippen LogP contribution is -1.95. The summed E-state index contributed by atoms with van der Waals surface area (Å²) >= 11 is 7.11. The fraction of sp³-hybridized carbons (Fsp3) is 0.167. The fourth-order valence-corrected chi connectivity index (χ4v) is 2.55. The third-order valence-corrected chi connectivity index (χ3v) is 3.69. The van der Waals surface area contributed by atoms with E-state index in [4.69, 9.17) is 16.7 Å². The van der Waals surface area contributed by atoms with Crippen LogP contribution in [0.3, 0.4) is 0 Å². The number of rotatable bonds is 3. The number of hydrogen-bond donors (Lipinski definition) is 1. The molecule has 0 spiro atoms. The Morgan fingerprint density at radius 1 is 1.53 bits per heavy atom. The molecule has 0 bridgehead atoms. The molecular formula is C12H10ClNO2S. The molecule has 0 aliphatic rings. The number of carboxylic acid groups (broad SMARTS) is 1. The van der Waals surface area contributed by atoms with Gasteiger partial charge in [0.2, 0.25) is 0 Å². The molecule has 0 aliphatic carbocycles. The maximum Gasteiger partial charge on any atom is 0.348 e. The Morgan fingerprint density at radius 3 is 2.88 bits per heavy atom. The van der Waals surface area contributed by atoms with E-state index in [0.29, 0.717) is 10.7 Å². The standard InChI is InChI=1S/C12H10ClNO2S/c1-2-9-14-10(11(17-9)12(15)16)7-4-3-5-8(13)6-7/h3-6H,2H2,1H3,(H,15,16). The van der Waals surface area contributed by atoms with Gasteiger partial charge in [-0.05, 0) is 18.6 Å². The highest BCUT2D eigenvalue weighted by molar-refractivity contribution is 7.14. The summed E-state index contributed by atoms with van der Waals surface area (Å²) in [5.74, 6) is -0.947. The number of carbonyl (C=O) groups is 1. The molecule has 0 atom stereocenters. The SMILES string of the molecule is CCc1nc(-c2cccc(Cl)c2)c(C(=O)O)s1. The largest absolute Gasteiger partial charge is 0.477 e. The second-order valence-electron chi connectivity index (χ2n) is 3.45. The molecule has 0 unspecified atom stereocenters. The predicted molar refractivity (Wildman–Crippen MR) is 68.9 cm³/mol. The number of aromatic nitrogens is 1. The predicted octanol–water partition coefficient (Wildman–Crippen LogP) is 3.72. The Bertz CT molecular complexity index is 565. The van der Waals surface area contributed by atoms with E-state index in [1.54, 1.807) is 18.2 Å². The number of hydrogen-bond acceptors (Lipinski definition) is 3. The Labute approximate surface area is 108 Å². The van der Waals surface area contributed by atoms with E-state index in [1.165, 1.54) is 11.3 Å². The highest BCUT2D eigenvalue weighted by Gasteiger charge is 2.18. The molecule has 2 rings (SSSR count). The Balaban J connectivity index is 2.57. The minimum absolute atomic E-state index is 0.268. The molecule has 0 saturated heterocycles. The molecule has 0 saturated carbocycles. The summed E-state index contributed by atoms with van der Waals surface area (Å²) in [5, 5.41) is 10.5. The van der Waals surface area contributed by atoms with Crippen molar-refractivity contribution in [1.29, 1.82) is 0 Å². The van der Waals surface area contributed by atoms with Gasteiger partial charge in [0.1, 0.15) is 4.88 Å². The molecule has 0 aliphatic heterocycles. The number of carboxylic acids is 1. The van der Waals surface area contributed by atoms with Gasteiger partial charge in [-0.1, -0.05) is 30.7 Å². The first kappa shape index (κ1) is 12.1. The molecule has 17 heavy (non-hydrogen) atoms. The monoisotopic (exact) mass is 267 g/mol. The van der Waals surface area contributed by atoms with Crippen LogP contribution in [0.25, 0.3) is 11.3 Å². The van der Waals surface area contributed by atoms with E-state index < -0.39 is 5.97 Å². The molecule has 0 radical (unpaired) electrons. The van der Waals surface area contributed by atoms with Crippen molar-refractivity contribution in [3.05, 3.63) is 39.2 Å². The van der Waals surface area contributed by atoms with Gasteiger partial charge in [-0.3, -0.25) is 0 Å². The molecule has 2 aromatic rings. The number of halogens is 1. The lowest BCUT2D eigenvalue weighted by molar-refractivity contribution is 0.0702. The van der Waals surface area contributed by atoms with Crippen LogP contribution in [0.1, 0.15) is 21.6 Å². The van der Waals surface area contributed by atoms with Gasteiger partial charge in [-0.2, -0.15) is 0 Å². The number of benzene rings is 1. The molecule has 0 fully saturated rings. The van der Waals surface area contributed by atoms with Crippen molar-refractivity contribution in [1.82, 2.24) is 4.98 Å². The second-order valence-corrected chi connectivity index (χ2v) is 4.97. The smallest absolute Gasteiger partial charge is 0.348 e. The van der Waals surface area contributed by atoms with E-state index in [0.717, 1.165) is 17.0 Å². The van der Waals surface area contributed by atoms with E-state index in [9.17, 15) is 4.79 Å². The van der Waals surface area contributed by atoms with Crippen molar-refractivity contribution in [2.75, 3.05) is 0 Å². The highest BCUT2D eigenvalue weighted by atomic mass is 35.5. The second kappa shape index (κ2) is 4.85. The molecule has 0 amide bonds. The van der Waals surface area contributed by atoms with Gasteiger partial charge in [0.15, 0.2) is 0 Å². The molecule has 1 aromatic heterocycles. The first-order valence-corrected chi connectivity index (χ1v) is 6.30. The normalized spacial score (nSPS) is 10.5. The summed E-state index contributed by atoms with van der Waals surface area (Å²) < 4.78 is 0. The number of nitrogens with zero attached hydrogens (tertiary/aromatic N) is 1. The van der Waals surface area contributed by atoms with Gasteiger partial charge in [0.05, 0.1) is 10.7 Å². The van der Waals surface area contributed by atoms with E-state index in [1.807, 2.05) is 13.0 Å². The van der Waals surface area contributed by atoms with Crippen LogP contribution < -0.4 is 0 Å². The summed E-state index contributed by atoms with van der Waals surface area (Å²) in [4.78, 5) is 15.8. The topological polar surface area (TPSA) is 50.2 Å². The lowest BCUT2D eigenvalue weighted by Gasteiger charge is -1.99. The Hall–Kier alpha value is -1.39. The van der Waals surface area contributed by atoms with Gasteiger partial charge in [0, 0.05) is 10.6 Å². The van der Waals surface area contributed by atoms with Gasteiger partial charge in [-0.15, -0.1) is 11.3 Å². The summed E-state index contributed by atoms with van der Waals surface area (Å²) in [6.07, 6.45) is 0.728. The van der Waals surface area contributed by atoms with Crippen molar-refractivity contribution in [2.24, 2.45) is 0 Å². The molecule has 1 N–H and O–H groups in total. The number of aromatic carboxylic acids is 1. The zero-order chi connectivity index (χ0) is 12.4. The van der Waals surface area contributed by atoms with Crippen LogP contribution in [0, 0.1) is 0 Å². The minimum atomic E-state index is -0.947. The number of aryl methyl sites for hydroxylation is 1. The van der Waals surface area contributed by atoms with E-state index in [-0.39, 0.29) is 4.88 Å². The molecule has 3 nitrogen and oxygen atoms in total. The van der Waals surface area contributed by atoms with E-state index in [2.05, 4.69) is 4.98 Å². The summed E-state index contributed by atoms with van der Waals surface area (Å²) in [7, 11) is 0. The summed E-state index contributed by atoms with van der Waals surface area (Å²) in [6.45, 7) is 1.95. The minimum Gasteiger partial charge on any atom is -0.477 e. The van der Waals surface area contributed by atoms with Crippen molar-refractivity contribution < 1.29 is 9.90 Å². The molecule has 1 aromatic carbocycles. The van der Waals surface area contributed by atoms with Crippen LogP contribution in [0.5, 0.6) is 0 Å². The van der Waals surface area contributed by atoms with Crippen molar-refractivity contribution in [3.63, 3.8) is 0 Å². The van der Waals surface area contributed by atoms with Crippen molar-refractivity contribution in [3.8, 4) is 11.3 Å². The average molecular weight is 268 g/mol. The van der Waals surface area contributed by atoms with Gasteiger partial charge in [-0.25, -0.2) is 9.78 Å². The fourth-order valence-electron chi connectivity index (χ4n) is 1.49. The maximum absolute atomic E-state index is 11.1. The third kappa shape index (κ3) is 2.48. The van der Waals surface area contributed by atoms with Crippen LogP contribution in [-0.2, 0) is 6.42 Å². The lowest BCUT2D eigenvalue weighted by atomic mass is 10.1. The van der Waals surface area contributed by atoms with Gasteiger partial charge < -0.3 is 5.11 Å². The molecule has 5 heteroatoms. The quantitative estimate of drug-likeness (QED) is 0.922. The molecule has 1 heterocycles. The van der Waals surface area contributed by atoms with Crippen molar-refractivity contribution in [2.45, 2.75) is 13.3 Å². The molecular weight excluding hydrogens is 258 g/mol. The summed E-state index contributed by atoms with van der Waals surface area (Å²) in [5.41, 5.74) is 1.24.